The standard InChI is InChI=1S/C10H9ClN4/c1-3-15-13-10(12-14-15)8-5-4-7(2)9(11)6-8/h3-6H,1H2,2H3. The average Bonchev–Trinajstić information content (AvgIpc) is 2.70. The lowest BCUT2D eigenvalue weighted by Crippen LogP contribution is -1.89. The second kappa shape index (κ2) is 3.82. The smallest absolute Gasteiger partial charge is 0.139 e. The van der Waals surface area contributed by atoms with E-state index < -0.39 is 0 Å². The van der Waals surface area contributed by atoms with Crippen molar-refractivity contribution < 1.29 is 0 Å². The summed E-state index contributed by atoms with van der Waals surface area (Å²) in [6.07, 6.45) is 1.48. The van der Waals surface area contributed by atoms with Crippen LogP contribution in [0.2, 0.25) is 5.02 Å². The zero-order valence-corrected chi connectivity index (χ0v) is 8.94. The molecule has 0 aliphatic rings. The van der Waals surface area contributed by atoms with Crippen LogP contribution in [0.25, 0.3) is 17.6 Å². The van der Waals surface area contributed by atoms with Crippen molar-refractivity contribution in [1.82, 2.24) is 20.2 Å². The van der Waals surface area contributed by atoms with Crippen LogP contribution in [-0.4, -0.2) is 20.2 Å². The van der Waals surface area contributed by atoms with Gasteiger partial charge in [-0.15, -0.1) is 15.0 Å². The summed E-state index contributed by atoms with van der Waals surface area (Å²) >= 11 is 6.00. The van der Waals surface area contributed by atoms with Crippen LogP contribution in [0.15, 0.2) is 24.8 Å². The lowest BCUT2D eigenvalue weighted by atomic mass is 10.1. The van der Waals surface area contributed by atoms with E-state index in [9.17, 15) is 0 Å². The van der Waals surface area contributed by atoms with Gasteiger partial charge in [0.2, 0.25) is 5.82 Å². The SMILES string of the molecule is C=Cn1nnc(-c2ccc(C)c(Cl)c2)n1. The predicted octanol–water partition coefficient (Wildman–Crippen LogP) is 2.40. The van der Waals surface area contributed by atoms with Crippen molar-refractivity contribution in [3.63, 3.8) is 0 Å². The first kappa shape index (κ1) is 9.86. The Morgan fingerprint density at radius 2 is 2.27 bits per heavy atom. The van der Waals surface area contributed by atoms with E-state index in [2.05, 4.69) is 22.0 Å². The minimum absolute atomic E-state index is 0.539. The molecular formula is C10H9ClN4. The Balaban J connectivity index is 2.44. The first-order chi connectivity index (χ1) is 7.20. The number of nitrogens with zero attached hydrogens (tertiary/aromatic N) is 4. The molecule has 2 aromatic rings. The number of hydrogen-bond acceptors (Lipinski definition) is 3. The van der Waals surface area contributed by atoms with E-state index in [1.807, 2.05) is 25.1 Å². The van der Waals surface area contributed by atoms with E-state index in [1.165, 1.54) is 11.0 Å². The number of benzene rings is 1. The molecule has 0 unspecified atom stereocenters. The van der Waals surface area contributed by atoms with Crippen molar-refractivity contribution in [3.05, 3.63) is 35.4 Å². The summed E-state index contributed by atoms with van der Waals surface area (Å²) in [7, 11) is 0. The summed E-state index contributed by atoms with van der Waals surface area (Å²) in [6, 6.07) is 5.65. The van der Waals surface area contributed by atoms with Crippen molar-refractivity contribution in [3.8, 4) is 11.4 Å². The lowest BCUT2D eigenvalue weighted by molar-refractivity contribution is 0.760. The molecule has 0 amide bonds. The van der Waals surface area contributed by atoms with Gasteiger partial charge in [0, 0.05) is 16.8 Å². The molecular weight excluding hydrogens is 212 g/mol. The fraction of sp³-hybridized carbons (Fsp3) is 0.100. The normalized spacial score (nSPS) is 10.3. The van der Waals surface area contributed by atoms with Gasteiger partial charge in [0.15, 0.2) is 0 Å². The van der Waals surface area contributed by atoms with Crippen LogP contribution in [0.3, 0.4) is 0 Å². The molecule has 0 atom stereocenters. The molecule has 2 rings (SSSR count). The van der Waals surface area contributed by atoms with Crippen LogP contribution in [0.1, 0.15) is 5.56 Å². The van der Waals surface area contributed by atoms with Gasteiger partial charge in [-0.05, 0) is 23.8 Å². The van der Waals surface area contributed by atoms with E-state index >= 15 is 0 Å². The Hall–Kier alpha value is -1.68. The Labute approximate surface area is 92.2 Å². The molecule has 0 fully saturated rings. The summed E-state index contributed by atoms with van der Waals surface area (Å²) in [5, 5.41) is 12.4. The zero-order chi connectivity index (χ0) is 10.8. The highest BCUT2D eigenvalue weighted by Gasteiger charge is 2.05. The van der Waals surface area contributed by atoms with E-state index in [0.717, 1.165) is 11.1 Å². The Morgan fingerprint density at radius 1 is 1.47 bits per heavy atom. The van der Waals surface area contributed by atoms with Gasteiger partial charge in [-0.1, -0.05) is 30.3 Å². The maximum atomic E-state index is 6.00. The van der Waals surface area contributed by atoms with E-state index in [1.54, 1.807) is 0 Å². The van der Waals surface area contributed by atoms with Crippen molar-refractivity contribution in [2.75, 3.05) is 0 Å². The molecule has 0 saturated heterocycles. The minimum atomic E-state index is 0.539. The van der Waals surface area contributed by atoms with Gasteiger partial charge in [-0.3, -0.25) is 0 Å². The molecule has 0 bridgehead atoms. The van der Waals surface area contributed by atoms with Gasteiger partial charge in [0.25, 0.3) is 0 Å². The summed E-state index contributed by atoms with van der Waals surface area (Å²) in [6.45, 7) is 5.49. The van der Waals surface area contributed by atoms with Gasteiger partial charge in [0.05, 0.1) is 0 Å². The second-order valence-corrected chi connectivity index (χ2v) is 3.49. The molecule has 0 N–H and O–H groups in total. The van der Waals surface area contributed by atoms with E-state index in [0.29, 0.717) is 10.8 Å². The van der Waals surface area contributed by atoms with Crippen molar-refractivity contribution in [2.45, 2.75) is 6.92 Å². The highest BCUT2D eigenvalue weighted by Crippen LogP contribution is 2.22. The summed E-state index contributed by atoms with van der Waals surface area (Å²) in [5.41, 5.74) is 1.87. The highest BCUT2D eigenvalue weighted by molar-refractivity contribution is 6.31. The molecule has 15 heavy (non-hydrogen) atoms. The monoisotopic (exact) mass is 220 g/mol. The van der Waals surface area contributed by atoms with Gasteiger partial charge >= 0.3 is 0 Å². The third kappa shape index (κ3) is 1.89. The molecule has 0 aliphatic heterocycles. The van der Waals surface area contributed by atoms with Crippen LogP contribution >= 0.6 is 11.6 Å². The summed E-state index contributed by atoms with van der Waals surface area (Å²) in [4.78, 5) is 1.31. The molecule has 76 valence electrons. The third-order valence-corrected chi connectivity index (χ3v) is 2.43. The predicted molar refractivity (Wildman–Crippen MR) is 59.4 cm³/mol. The number of aromatic nitrogens is 4. The number of tetrazole rings is 1. The lowest BCUT2D eigenvalue weighted by Gasteiger charge is -1.98. The second-order valence-electron chi connectivity index (χ2n) is 3.08. The third-order valence-electron chi connectivity index (χ3n) is 2.02. The first-order valence-electron chi connectivity index (χ1n) is 4.39. The molecule has 1 aromatic carbocycles. The van der Waals surface area contributed by atoms with Crippen molar-refractivity contribution in [1.29, 1.82) is 0 Å². The first-order valence-corrected chi connectivity index (χ1v) is 4.77. The van der Waals surface area contributed by atoms with Gasteiger partial charge in [-0.2, -0.15) is 0 Å². The van der Waals surface area contributed by atoms with Gasteiger partial charge < -0.3 is 0 Å². The largest absolute Gasteiger partial charge is 0.205 e. The van der Waals surface area contributed by atoms with Crippen molar-refractivity contribution >= 4 is 17.8 Å². The number of halogens is 1. The molecule has 0 spiro atoms. The molecule has 0 saturated carbocycles. The highest BCUT2D eigenvalue weighted by atomic mass is 35.5. The molecule has 1 heterocycles. The maximum Gasteiger partial charge on any atom is 0.205 e. The number of hydrogen-bond donors (Lipinski definition) is 0. The van der Waals surface area contributed by atoms with Gasteiger partial charge in [-0.25, -0.2) is 0 Å². The Morgan fingerprint density at radius 3 is 2.87 bits per heavy atom. The van der Waals surface area contributed by atoms with Crippen LogP contribution in [-0.2, 0) is 0 Å². The Kier molecular flexibility index (Phi) is 2.51. The zero-order valence-electron chi connectivity index (χ0n) is 8.18. The molecule has 4 nitrogen and oxygen atoms in total. The summed E-state index contributed by atoms with van der Waals surface area (Å²) in [5.74, 6) is 0.539. The fourth-order valence-electron chi connectivity index (χ4n) is 1.15. The average molecular weight is 221 g/mol. The van der Waals surface area contributed by atoms with Crippen molar-refractivity contribution in [2.24, 2.45) is 0 Å². The van der Waals surface area contributed by atoms with Crippen LogP contribution in [0, 0.1) is 6.92 Å². The van der Waals surface area contributed by atoms with Crippen LogP contribution in [0.4, 0.5) is 0 Å². The fourth-order valence-corrected chi connectivity index (χ4v) is 1.33. The summed E-state index contributed by atoms with van der Waals surface area (Å²) < 4.78 is 0. The van der Waals surface area contributed by atoms with E-state index in [4.69, 9.17) is 11.6 Å². The molecule has 0 radical (unpaired) electrons. The van der Waals surface area contributed by atoms with E-state index in [-0.39, 0.29) is 0 Å². The topological polar surface area (TPSA) is 43.6 Å². The number of aryl methyl sites for hydroxylation is 1. The van der Waals surface area contributed by atoms with Crippen LogP contribution in [0.5, 0.6) is 0 Å². The number of rotatable bonds is 2. The minimum Gasteiger partial charge on any atom is -0.139 e. The Bertz CT molecular complexity index is 504. The quantitative estimate of drug-likeness (QED) is 0.781. The van der Waals surface area contributed by atoms with Gasteiger partial charge in [0.1, 0.15) is 0 Å². The maximum absolute atomic E-state index is 6.00. The van der Waals surface area contributed by atoms with Crippen LogP contribution < -0.4 is 0 Å². The molecule has 1 aromatic heterocycles. The molecule has 5 heteroatoms. The molecule has 0 aliphatic carbocycles.